The molecule has 0 aromatic heterocycles. The van der Waals surface area contributed by atoms with Gasteiger partial charge in [0.15, 0.2) is 6.61 Å². The van der Waals surface area contributed by atoms with Crippen LogP contribution in [0.5, 0.6) is 0 Å². The second-order valence-electron chi connectivity index (χ2n) is 6.76. The van der Waals surface area contributed by atoms with Crippen molar-refractivity contribution < 1.29 is 23.9 Å². The molecule has 0 bridgehead atoms. The number of rotatable bonds is 9. The summed E-state index contributed by atoms with van der Waals surface area (Å²) in [4.78, 5) is 39.3. The van der Waals surface area contributed by atoms with Crippen LogP contribution in [-0.4, -0.2) is 80.6 Å². The zero-order chi connectivity index (χ0) is 20.4. The van der Waals surface area contributed by atoms with Gasteiger partial charge in [-0.15, -0.1) is 0 Å². The van der Waals surface area contributed by atoms with Gasteiger partial charge in [0.25, 0.3) is 5.91 Å². The second kappa shape index (κ2) is 11.4. The third kappa shape index (κ3) is 7.28. The van der Waals surface area contributed by atoms with Crippen molar-refractivity contribution >= 4 is 17.8 Å². The molecule has 1 aromatic carbocycles. The Hall–Kier alpha value is -2.45. The van der Waals surface area contributed by atoms with Gasteiger partial charge in [-0.05, 0) is 24.1 Å². The fourth-order valence-corrected chi connectivity index (χ4v) is 2.71. The molecule has 0 atom stereocenters. The maximum Gasteiger partial charge on any atom is 0.338 e. The summed E-state index contributed by atoms with van der Waals surface area (Å²) >= 11 is 0. The van der Waals surface area contributed by atoms with Crippen LogP contribution in [0, 0.1) is 0 Å². The molecule has 8 heteroatoms. The summed E-state index contributed by atoms with van der Waals surface area (Å²) in [5.74, 6) is -1.22. The number of likely N-dealkylation sites (N-methyl/N-ethyl adjacent to an activating group) is 1. The lowest BCUT2D eigenvalue weighted by Gasteiger charge is -2.26. The Labute approximate surface area is 165 Å². The van der Waals surface area contributed by atoms with E-state index in [4.69, 9.17) is 9.47 Å². The van der Waals surface area contributed by atoms with E-state index in [1.807, 2.05) is 19.1 Å². The number of nitrogens with one attached hydrogen (secondary N) is 1. The molecule has 1 fully saturated rings. The lowest BCUT2D eigenvalue weighted by Crippen LogP contribution is -2.40. The molecule has 2 rings (SSSR count). The van der Waals surface area contributed by atoms with Gasteiger partial charge in [0.2, 0.25) is 5.91 Å². The zero-order valence-corrected chi connectivity index (χ0v) is 16.6. The van der Waals surface area contributed by atoms with Gasteiger partial charge in [-0.3, -0.25) is 14.5 Å². The summed E-state index contributed by atoms with van der Waals surface area (Å²) in [5, 5.41) is 2.69. The molecule has 1 saturated heterocycles. The van der Waals surface area contributed by atoms with Crippen molar-refractivity contribution in [2.45, 2.75) is 19.9 Å². The normalized spacial score (nSPS) is 14.4. The summed E-state index contributed by atoms with van der Waals surface area (Å²) in [7, 11) is 1.50. The molecule has 28 heavy (non-hydrogen) atoms. The van der Waals surface area contributed by atoms with Gasteiger partial charge in [0.1, 0.15) is 0 Å². The van der Waals surface area contributed by atoms with Crippen LogP contribution in [0.2, 0.25) is 0 Å². The summed E-state index contributed by atoms with van der Waals surface area (Å²) in [6.07, 6.45) is 0.826. The van der Waals surface area contributed by atoms with E-state index in [-0.39, 0.29) is 12.5 Å². The van der Waals surface area contributed by atoms with E-state index in [1.54, 1.807) is 12.1 Å². The number of ether oxygens (including phenoxy) is 2. The van der Waals surface area contributed by atoms with Crippen LogP contribution < -0.4 is 5.32 Å². The maximum atomic E-state index is 12.1. The zero-order valence-electron chi connectivity index (χ0n) is 16.6. The van der Waals surface area contributed by atoms with Gasteiger partial charge in [-0.1, -0.05) is 19.1 Å². The summed E-state index contributed by atoms with van der Waals surface area (Å²) in [6.45, 7) is 6.15. The first-order chi connectivity index (χ1) is 13.5. The molecule has 1 heterocycles. The molecule has 0 unspecified atom stereocenters. The average molecular weight is 391 g/mol. The third-order valence-electron chi connectivity index (χ3n) is 4.40. The van der Waals surface area contributed by atoms with Crippen LogP contribution in [0.3, 0.4) is 0 Å². The summed E-state index contributed by atoms with van der Waals surface area (Å²) in [5.41, 5.74) is 1.49. The second-order valence-corrected chi connectivity index (χ2v) is 6.76. The van der Waals surface area contributed by atoms with Gasteiger partial charge in [0.05, 0.1) is 25.3 Å². The number of carbonyl (C=O) groups is 3. The third-order valence-corrected chi connectivity index (χ3v) is 4.40. The Bertz CT molecular complexity index is 656. The lowest BCUT2D eigenvalue weighted by atomic mass is 10.1. The molecule has 8 nitrogen and oxygen atoms in total. The Morgan fingerprint density at radius 3 is 2.50 bits per heavy atom. The van der Waals surface area contributed by atoms with E-state index in [0.717, 1.165) is 44.8 Å². The Morgan fingerprint density at radius 1 is 1.18 bits per heavy atom. The lowest BCUT2D eigenvalue weighted by molar-refractivity contribution is -0.137. The van der Waals surface area contributed by atoms with Crippen molar-refractivity contribution in [3.05, 3.63) is 35.4 Å². The van der Waals surface area contributed by atoms with Crippen LogP contribution >= 0.6 is 0 Å². The van der Waals surface area contributed by atoms with Crippen molar-refractivity contribution in [1.82, 2.24) is 15.1 Å². The average Bonchev–Trinajstić information content (AvgIpc) is 2.71. The summed E-state index contributed by atoms with van der Waals surface area (Å²) < 4.78 is 10.4. The number of nitrogens with zero attached hydrogens (tertiary/aromatic N) is 2. The minimum atomic E-state index is -0.560. The molecule has 1 aliphatic rings. The highest BCUT2D eigenvalue weighted by Gasteiger charge is 2.16. The molecule has 1 aromatic rings. The van der Waals surface area contributed by atoms with Crippen LogP contribution in [0.4, 0.5) is 0 Å². The molecule has 0 radical (unpaired) electrons. The fourth-order valence-electron chi connectivity index (χ4n) is 2.71. The number of morpholine rings is 1. The first kappa shape index (κ1) is 21.8. The van der Waals surface area contributed by atoms with E-state index in [0.29, 0.717) is 12.1 Å². The minimum Gasteiger partial charge on any atom is -0.452 e. The molecule has 0 saturated carbocycles. The van der Waals surface area contributed by atoms with Crippen LogP contribution in [0.25, 0.3) is 0 Å². The van der Waals surface area contributed by atoms with Gasteiger partial charge in [0, 0.05) is 33.2 Å². The van der Waals surface area contributed by atoms with Gasteiger partial charge < -0.3 is 19.7 Å². The first-order valence-electron chi connectivity index (χ1n) is 9.56. The topological polar surface area (TPSA) is 88.2 Å². The Morgan fingerprint density at radius 2 is 1.86 bits per heavy atom. The van der Waals surface area contributed by atoms with Crippen LogP contribution in [0.1, 0.15) is 29.3 Å². The number of carbonyl (C=O) groups excluding carboxylic acids is 3. The monoisotopic (exact) mass is 391 g/mol. The number of benzene rings is 1. The maximum absolute atomic E-state index is 12.1. The fraction of sp³-hybridized carbons (Fsp3) is 0.550. The number of hydrogen-bond donors (Lipinski definition) is 1. The minimum absolute atomic E-state index is 0.0629. The van der Waals surface area contributed by atoms with Crippen LogP contribution in [0.15, 0.2) is 24.3 Å². The van der Waals surface area contributed by atoms with Crippen molar-refractivity contribution in [3.8, 4) is 0 Å². The SMILES string of the molecule is CCCNC(=O)CN(C)C(=O)COC(=O)c1ccc(CN2CCOCC2)cc1. The van der Waals surface area contributed by atoms with Gasteiger partial charge in [-0.2, -0.15) is 0 Å². The molecular weight excluding hydrogens is 362 g/mol. The molecule has 1 aliphatic heterocycles. The highest BCUT2D eigenvalue weighted by Crippen LogP contribution is 2.10. The van der Waals surface area contributed by atoms with Crippen molar-refractivity contribution in [3.63, 3.8) is 0 Å². The number of esters is 1. The largest absolute Gasteiger partial charge is 0.452 e. The molecule has 2 amide bonds. The molecule has 154 valence electrons. The standard InChI is InChI=1S/C20H29N3O5/c1-3-8-21-18(24)14-22(2)19(25)15-28-20(26)17-6-4-16(5-7-17)13-23-9-11-27-12-10-23/h4-7H,3,8-15H2,1-2H3,(H,21,24). The molecule has 0 spiro atoms. The predicted octanol–water partition coefficient (Wildman–Crippen LogP) is 0.660. The van der Waals surface area contributed by atoms with Gasteiger partial charge >= 0.3 is 5.97 Å². The van der Waals surface area contributed by atoms with Crippen molar-refractivity contribution in [2.75, 3.05) is 53.0 Å². The number of amides is 2. The van der Waals surface area contributed by atoms with E-state index < -0.39 is 18.5 Å². The van der Waals surface area contributed by atoms with Crippen molar-refractivity contribution in [2.24, 2.45) is 0 Å². The van der Waals surface area contributed by atoms with Crippen LogP contribution in [-0.2, 0) is 25.6 Å². The predicted molar refractivity (Wildman–Crippen MR) is 104 cm³/mol. The van der Waals surface area contributed by atoms with Gasteiger partial charge in [-0.25, -0.2) is 4.79 Å². The van der Waals surface area contributed by atoms with E-state index in [1.165, 1.54) is 11.9 Å². The van der Waals surface area contributed by atoms with E-state index in [9.17, 15) is 14.4 Å². The first-order valence-corrected chi connectivity index (χ1v) is 9.56. The summed E-state index contributed by atoms with van der Waals surface area (Å²) in [6, 6.07) is 7.17. The van der Waals surface area contributed by atoms with Crippen molar-refractivity contribution in [1.29, 1.82) is 0 Å². The Kier molecular flexibility index (Phi) is 8.90. The highest BCUT2D eigenvalue weighted by atomic mass is 16.5. The Balaban J connectivity index is 1.75. The quantitative estimate of drug-likeness (QED) is 0.622. The molecule has 1 N–H and O–H groups in total. The van der Waals surface area contributed by atoms with E-state index in [2.05, 4.69) is 10.2 Å². The molecular formula is C20H29N3O5. The smallest absolute Gasteiger partial charge is 0.338 e. The molecule has 0 aliphatic carbocycles. The van der Waals surface area contributed by atoms with E-state index >= 15 is 0 Å². The highest BCUT2D eigenvalue weighted by molar-refractivity contribution is 5.92. The number of hydrogen-bond acceptors (Lipinski definition) is 6.